The highest BCUT2D eigenvalue weighted by Crippen LogP contribution is 2.21. The van der Waals surface area contributed by atoms with E-state index in [0.29, 0.717) is 44.4 Å². The van der Waals surface area contributed by atoms with Crippen LogP contribution in [-0.4, -0.2) is 60.4 Å². The van der Waals surface area contributed by atoms with Crippen LogP contribution in [0.3, 0.4) is 0 Å². The van der Waals surface area contributed by atoms with E-state index in [4.69, 9.17) is 9.66 Å². The summed E-state index contributed by atoms with van der Waals surface area (Å²) in [5.74, 6) is 1.17. The minimum atomic E-state index is -3.73. The van der Waals surface area contributed by atoms with Gasteiger partial charge in [0.25, 0.3) is 0 Å². The molecule has 0 atom stereocenters. The maximum absolute atomic E-state index is 12.6. The van der Waals surface area contributed by atoms with Gasteiger partial charge in [0.05, 0.1) is 22.7 Å². The third-order valence-electron chi connectivity index (χ3n) is 4.90. The number of hydrogen-bond acceptors (Lipinski definition) is 8. The van der Waals surface area contributed by atoms with Gasteiger partial charge in [0.15, 0.2) is 0 Å². The summed E-state index contributed by atoms with van der Waals surface area (Å²) in [7, 11) is -3.73. The zero-order chi connectivity index (χ0) is 21.1. The number of piperazine rings is 1. The summed E-state index contributed by atoms with van der Waals surface area (Å²) < 4.78 is 28.0. The lowest BCUT2D eigenvalue weighted by Gasteiger charge is -2.34. The van der Waals surface area contributed by atoms with Gasteiger partial charge < -0.3 is 9.42 Å². The Labute approximate surface area is 178 Å². The summed E-state index contributed by atoms with van der Waals surface area (Å²) in [6.45, 7) is 3.20. The summed E-state index contributed by atoms with van der Waals surface area (Å²) >= 11 is 1.56. The number of hydrogen-bond donors (Lipinski definition) is 1. The lowest BCUT2D eigenvalue weighted by atomic mass is 10.1. The first-order valence-electron chi connectivity index (χ1n) is 9.37. The molecule has 0 aliphatic carbocycles. The number of thiophene rings is 1. The number of carbonyl (C=O) groups excluding carboxylic acids is 1. The van der Waals surface area contributed by atoms with Crippen molar-refractivity contribution in [3.63, 3.8) is 0 Å². The number of carbonyl (C=O) groups is 1. The molecule has 1 aromatic carbocycles. The third kappa shape index (κ3) is 4.93. The smallest absolute Gasteiger partial charge is 0.241 e. The first-order chi connectivity index (χ1) is 14.4. The van der Waals surface area contributed by atoms with Crippen LogP contribution in [0.4, 0.5) is 0 Å². The first kappa shape index (κ1) is 20.7. The van der Waals surface area contributed by atoms with E-state index in [1.165, 1.54) is 12.1 Å². The van der Waals surface area contributed by atoms with Crippen LogP contribution in [0, 0.1) is 0 Å². The van der Waals surface area contributed by atoms with Crippen molar-refractivity contribution in [1.82, 2.24) is 19.9 Å². The molecule has 1 fully saturated rings. The number of benzene rings is 1. The Balaban J connectivity index is 1.27. The fourth-order valence-electron chi connectivity index (χ4n) is 3.26. The number of nitrogens with zero attached hydrogens (tertiary/aromatic N) is 4. The van der Waals surface area contributed by atoms with Crippen LogP contribution < -0.4 is 5.14 Å². The van der Waals surface area contributed by atoms with Crippen molar-refractivity contribution < 1.29 is 17.7 Å². The maximum Gasteiger partial charge on any atom is 0.241 e. The molecule has 0 bridgehead atoms. The van der Waals surface area contributed by atoms with Gasteiger partial charge >= 0.3 is 0 Å². The fourth-order valence-corrected chi connectivity index (χ4v) is 4.42. The Morgan fingerprint density at radius 3 is 2.50 bits per heavy atom. The lowest BCUT2D eigenvalue weighted by molar-refractivity contribution is -0.132. The highest BCUT2D eigenvalue weighted by atomic mass is 32.2. The van der Waals surface area contributed by atoms with Crippen LogP contribution in [-0.2, 0) is 27.8 Å². The summed E-state index contributed by atoms with van der Waals surface area (Å²) in [4.78, 5) is 22.0. The molecule has 2 aromatic heterocycles. The van der Waals surface area contributed by atoms with Crippen LogP contribution in [0.1, 0.15) is 11.5 Å². The molecule has 1 aliphatic heterocycles. The molecule has 1 aliphatic rings. The van der Waals surface area contributed by atoms with Gasteiger partial charge in [-0.1, -0.05) is 23.4 Å². The van der Waals surface area contributed by atoms with Crippen molar-refractivity contribution in [1.29, 1.82) is 0 Å². The van der Waals surface area contributed by atoms with E-state index in [9.17, 15) is 13.2 Å². The molecule has 4 rings (SSSR count). The molecule has 0 spiro atoms. The molecule has 158 valence electrons. The second-order valence-corrected chi connectivity index (χ2v) is 9.52. The topological polar surface area (TPSA) is 123 Å². The summed E-state index contributed by atoms with van der Waals surface area (Å²) in [5.41, 5.74) is 0.752. The molecule has 9 nitrogen and oxygen atoms in total. The van der Waals surface area contributed by atoms with E-state index in [2.05, 4.69) is 15.0 Å². The molecular formula is C19H21N5O4S2. The molecule has 0 saturated carbocycles. The van der Waals surface area contributed by atoms with Crippen molar-refractivity contribution >= 4 is 27.3 Å². The summed E-state index contributed by atoms with van der Waals surface area (Å²) in [6.07, 6.45) is 0.221. The zero-order valence-corrected chi connectivity index (χ0v) is 17.7. The van der Waals surface area contributed by atoms with Crippen molar-refractivity contribution in [2.75, 3.05) is 26.2 Å². The van der Waals surface area contributed by atoms with Crippen LogP contribution in [0.15, 0.2) is 51.2 Å². The minimum Gasteiger partial charge on any atom is -0.340 e. The predicted octanol–water partition coefficient (Wildman–Crippen LogP) is 1.33. The zero-order valence-electron chi connectivity index (χ0n) is 16.1. The quantitative estimate of drug-likeness (QED) is 0.605. The van der Waals surface area contributed by atoms with Gasteiger partial charge in [0.1, 0.15) is 0 Å². The van der Waals surface area contributed by atoms with E-state index >= 15 is 0 Å². The predicted molar refractivity (Wildman–Crippen MR) is 111 cm³/mol. The molecule has 1 saturated heterocycles. The van der Waals surface area contributed by atoms with Gasteiger partial charge in [-0.15, -0.1) is 11.3 Å². The Morgan fingerprint density at radius 1 is 1.13 bits per heavy atom. The molecule has 11 heteroatoms. The molecule has 3 heterocycles. The second kappa shape index (κ2) is 8.64. The molecule has 1 amide bonds. The molecule has 30 heavy (non-hydrogen) atoms. The monoisotopic (exact) mass is 447 g/mol. The number of rotatable bonds is 6. The molecule has 3 aromatic rings. The number of sulfonamides is 1. The summed E-state index contributed by atoms with van der Waals surface area (Å²) in [5, 5.41) is 11.1. The van der Waals surface area contributed by atoms with Gasteiger partial charge in [0, 0.05) is 26.2 Å². The van der Waals surface area contributed by atoms with E-state index < -0.39 is 10.0 Å². The first-order valence-corrected chi connectivity index (χ1v) is 11.8. The van der Waals surface area contributed by atoms with Crippen LogP contribution in [0.2, 0.25) is 0 Å². The van der Waals surface area contributed by atoms with E-state index in [1.807, 2.05) is 22.4 Å². The van der Waals surface area contributed by atoms with Gasteiger partial charge in [-0.2, -0.15) is 4.98 Å². The molecule has 0 radical (unpaired) electrons. The Bertz CT molecular complexity index is 1100. The van der Waals surface area contributed by atoms with Crippen molar-refractivity contribution in [2.45, 2.75) is 17.9 Å². The Kier molecular flexibility index (Phi) is 5.95. The normalized spacial score (nSPS) is 15.4. The minimum absolute atomic E-state index is 0.00998. The summed E-state index contributed by atoms with van der Waals surface area (Å²) in [6, 6.07) is 9.98. The fraction of sp³-hybridized carbons (Fsp3) is 0.316. The van der Waals surface area contributed by atoms with E-state index in [1.54, 1.807) is 23.5 Å². The van der Waals surface area contributed by atoms with Crippen LogP contribution in [0.25, 0.3) is 10.7 Å². The van der Waals surface area contributed by atoms with E-state index in [-0.39, 0.29) is 17.2 Å². The number of nitrogens with two attached hydrogens (primary N) is 1. The van der Waals surface area contributed by atoms with Gasteiger partial charge in [0.2, 0.25) is 27.6 Å². The standard InChI is InChI=1S/C19H21N5O4S2/c20-30(26,27)15-5-3-14(4-6-15)12-18(25)24-9-7-23(8-10-24)13-17-21-19(22-28-17)16-2-1-11-29-16/h1-6,11H,7-10,12-13H2,(H2,20,26,27). The Hall–Kier alpha value is -2.60. The van der Waals surface area contributed by atoms with Gasteiger partial charge in [-0.3, -0.25) is 9.69 Å². The van der Waals surface area contributed by atoms with Crippen LogP contribution in [0.5, 0.6) is 0 Å². The van der Waals surface area contributed by atoms with Crippen molar-refractivity contribution in [3.05, 3.63) is 53.2 Å². The number of amides is 1. The van der Waals surface area contributed by atoms with Gasteiger partial charge in [-0.25, -0.2) is 13.6 Å². The maximum atomic E-state index is 12.6. The molecular weight excluding hydrogens is 426 g/mol. The van der Waals surface area contributed by atoms with Crippen molar-refractivity contribution in [2.24, 2.45) is 5.14 Å². The number of primary sulfonamides is 1. The highest BCUT2D eigenvalue weighted by molar-refractivity contribution is 7.89. The number of aromatic nitrogens is 2. The molecule has 2 N–H and O–H groups in total. The second-order valence-electron chi connectivity index (χ2n) is 7.01. The Morgan fingerprint density at radius 2 is 1.87 bits per heavy atom. The average Bonchev–Trinajstić information content (AvgIpc) is 3.40. The molecule has 0 unspecified atom stereocenters. The SMILES string of the molecule is NS(=O)(=O)c1ccc(CC(=O)N2CCN(Cc3nc(-c4cccs4)no3)CC2)cc1. The van der Waals surface area contributed by atoms with E-state index in [0.717, 1.165) is 10.4 Å². The average molecular weight is 448 g/mol. The lowest BCUT2D eigenvalue weighted by Crippen LogP contribution is -2.48. The van der Waals surface area contributed by atoms with Crippen LogP contribution >= 0.6 is 11.3 Å². The highest BCUT2D eigenvalue weighted by Gasteiger charge is 2.23. The third-order valence-corrected chi connectivity index (χ3v) is 6.70. The van der Waals surface area contributed by atoms with Gasteiger partial charge in [-0.05, 0) is 29.1 Å². The van der Waals surface area contributed by atoms with Crippen molar-refractivity contribution in [3.8, 4) is 10.7 Å². The largest absolute Gasteiger partial charge is 0.340 e.